The summed E-state index contributed by atoms with van der Waals surface area (Å²) in [5.41, 5.74) is -2.08. The normalized spacial score (nSPS) is 13.0. The van der Waals surface area contributed by atoms with E-state index in [4.69, 9.17) is 0 Å². The number of alkyl halides is 6. The maximum atomic E-state index is 13.5. The topological polar surface area (TPSA) is 82.5 Å². The Balaban J connectivity index is 2.20. The molecule has 0 aliphatic carbocycles. The van der Waals surface area contributed by atoms with Crippen LogP contribution in [0.2, 0.25) is 0 Å². The Hall–Kier alpha value is -3.09. The quantitative estimate of drug-likeness (QED) is 0.507. The van der Waals surface area contributed by atoms with Gasteiger partial charge in [-0.1, -0.05) is 0 Å². The molecule has 1 N–H and O–H groups in total. The molecule has 2 aromatic rings. The zero-order valence-corrected chi connectivity index (χ0v) is 16.2. The van der Waals surface area contributed by atoms with Crippen LogP contribution < -0.4 is 5.32 Å². The molecule has 13 heteroatoms. The molecule has 0 saturated heterocycles. The minimum absolute atomic E-state index is 0.0813. The average molecular weight is 453 g/mol. The molecule has 0 saturated carbocycles. The largest absolute Gasteiger partial charge is 0.462 e. The molecular weight excluding hydrogens is 436 g/mol. The highest BCUT2D eigenvalue weighted by atomic mass is 19.4. The standard InChI is InChI=1S/C18H17F6N3O4/c1-3-30-16(29)13-8-25-27(14(13)18(22,23)24)12-6-4-11(5-7-12)26-15(28)10(2)31-9-17(19,20)21/h4-8,10H,3,9H2,1-2H3,(H,26,28). The van der Waals surface area contributed by atoms with Crippen LogP contribution in [-0.2, 0) is 20.4 Å². The highest BCUT2D eigenvalue weighted by Gasteiger charge is 2.41. The lowest BCUT2D eigenvalue weighted by atomic mass is 10.2. The number of ether oxygens (including phenoxy) is 2. The molecule has 0 aliphatic heterocycles. The first-order valence-electron chi connectivity index (χ1n) is 8.75. The summed E-state index contributed by atoms with van der Waals surface area (Å²) in [5, 5.41) is 5.89. The fourth-order valence-corrected chi connectivity index (χ4v) is 2.40. The molecule has 31 heavy (non-hydrogen) atoms. The summed E-state index contributed by atoms with van der Waals surface area (Å²) in [6.45, 7) is 0.826. The van der Waals surface area contributed by atoms with Crippen LogP contribution in [0.1, 0.15) is 29.9 Å². The van der Waals surface area contributed by atoms with E-state index in [1.165, 1.54) is 31.2 Å². The van der Waals surface area contributed by atoms with Crippen LogP contribution in [0.15, 0.2) is 30.5 Å². The molecule has 1 unspecified atom stereocenters. The predicted octanol–water partition coefficient (Wildman–Crippen LogP) is 3.97. The zero-order valence-electron chi connectivity index (χ0n) is 16.2. The van der Waals surface area contributed by atoms with Crippen molar-refractivity contribution >= 4 is 17.6 Å². The summed E-state index contributed by atoms with van der Waals surface area (Å²) in [4.78, 5) is 23.7. The molecule has 1 heterocycles. The number of carbonyl (C=O) groups excluding carboxylic acids is 2. The van der Waals surface area contributed by atoms with Gasteiger partial charge in [-0.05, 0) is 38.1 Å². The maximum absolute atomic E-state index is 13.5. The van der Waals surface area contributed by atoms with Gasteiger partial charge >= 0.3 is 18.3 Å². The fraction of sp³-hybridized carbons (Fsp3) is 0.389. The van der Waals surface area contributed by atoms with Crippen molar-refractivity contribution < 1.29 is 45.4 Å². The van der Waals surface area contributed by atoms with E-state index < -0.39 is 48.2 Å². The third-order valence-electron chi connectivity index (χ3n) is 3.78. The van der Waals surface area contributed by atoms with Crippen molar-refractivity contribution in [1.29, 1.82) is 0 Å². The van der Waals surface area contributed by atoms with Gasteiger partial charge in [0.2, 0.25) is 0 Å². The van der Waals surface area contributed by atoms with Gasteiger partial charge in [0.1, 0.15) is 18.3 Å². The van der Waals surface area contributed by atoms with Crippen LogP contribution in [0.4, 0.5) is 32.0 Å². The number of halogens is 6. The molecule has 1 aromatic heterocycles. The van der Waals surface area contributed by atoms with E-state index in [1.54, 1.807) is 0 Å². The second-order valence-corrected chi connectivity index (χ2v) is 6.14. The Labute approximate surface area is 171 Å². The molecule has 170 valence electrons. The Kier molecular flexibility index (Phi) is 7.31. The number of anilines is 1. The number of nitrogens with zero attached hydrogens (tertiary/aromatic N) is 2. The number of amides is 1. The Morgan fingerprint density at radius 3 is 2.26 bits per heavy atom. The predicted molar refractivity (Wildman–Crippen MR) is 94.6 cm³/mol. The third-order valence-corrected chi connectivity index (χ3v) is 3.78. The van der Waals surface area contributed by atoms with Gasteiger partial charge in [-0.2, -0.15) is 31.4 Å². The molecule has 0 aliphatic rings. The highest BCUT2D eigenvalue weighted by Crippen LogP contribution is 2.34. The van der Waals surface area contributed by atoms with Crippen molar-refractivity contribution in [2.24, 2.45) is 0 Å². The van der Waals surface area contributed by atoms with Crippen LogP contribution in [-0.4, -0.2) is 47.2 Å². The Morgan fingerprint density at radius 1 is 1.13 bits per heavy atom. The molecule has 1 atom stereocenters. The molecule has 1 amide bonds. The molecule has 0 bridgehead atoms. The van der Waals surface area contributed by atoms with Crippen molar-refractivity contribution in [2.45, 2.75) is 32.3 Å². The number of aromatic nitrogens is 2. The SMILES string of the molecule is CCOC(=O)c1cnn(-c2ccc(NC(=O)C(C)OCC(F)(F)F)cc2)c1C(F)(F)F. The summed E-state index contributed by atoms with van der Waals surface area (Å²) < 4.78 is 86.5. The van der Waals surface area contributed by atoms with Gasteiger partial charge in [0.05, 0.1) is 18.5 Å². The number of benzene rings is 1. The lowest BCUT2D eigenvalue weighted by Gasteiger charge is -2.15. The van der Waals surface area contributed by atoms with E-state index in [9.17, 15) is 35.9 Å². The van der Waals surface area contributed by atoms with Crippen molar-refractivity contribution in [2.75, 3.05) is 18.5 Å². The molecule has 0 radical (unpaired) electrons. The minimum atomic E-state index is -4.92. The van der Waals surface area contributed by atoms with Gasteiger partial charge in [-0.3, -0.25) is 4.79 Å². The summed E-state index contributed by atoms with van der Waals surface area (Å²) in [6, 6.07) is 4.78. The number of nitrogens with one attached hydrogen (secondary N) is 1. The van der Waals surface area contributed by atoms with Crippen LogP contribution in [0, 0.1) is 0 Å². The average Bonchev–Trinajstić information content (AvgIpc) is 3.12. The van der Waals surface area contributed by atoms with Crippen LogP contribution >= 0.6 is 0 Å². The molecule has 0 fully saturated rings. The number of rotatable bonds is 7. The first-order chi connectivity index (χ1) is 14.3. The second-order valence-electron chi connectivity index (χ2n) is 6.14. The van der Waals surface area contributed by atoms with E-state index >= 15 is 0 Å². The van der Waals surface area contributed by atoms with Crippen molar-refractivity contribution in [3.63, 3.8) is 0 Å². The van der Waals surface area contributed by atoms with Crippen LogP contribution in [0.5, 0.6) is 0 Å². The summed E-state index contributed by atoms with van der Waals surface area (Å²) in [5.74, 6) is -2.06. The number of hydrogen-bond donors (Lipinski definition) is 1. The van der Waals surface area contributed by atoms with Gasteiger partial charge in [0.15, 0.2) is 5.69 Å². The van der Waals surface area contributed by atoms with Gasteiger partial charge in [-0.25, -0.2) is 9.48 Å². The number of esters is 1. The Bertz CT molecular complexity index is 922. The first kappa shape index (κ1) is 24.2. The number of carbonyl (C=O) groups is 2. The molecule has 0 spiro atoms. The summed E-state index contributed by atoms with van der Waals surface area (Å²) in [7, 11) is 0. The Morgan fingerprint density at radius 2 is 1.74 bits per heavy atom. The van der Waals surface area contributed by atoms with E-state index in [0.29, 0.717) is 4.68 Å². The van der Waals surface area contributed by atoms with E-state index in [2.05, 4.69) is 19.9 Å². The van der Waals surface area contributed by atoms with E-state index in [1.807, 2.05) is 0 Å². The highest BCUT2D eigenvalue weighted by molar-refractivity contribution is 5.94. The van der Waals surface area contributed by atoms with Crippen LogP contribution in [0.3, 0.4) is 0 Å². The molecule has 7 nitrogen and oxygen atoms in total. The van der Waals surface area contributed by atoms with E-state index in [-0.39, 0.29) is 18.0 Å². The summed E-state index contributed by atoms with van der Waals surface area (Å²) >= 11 is 0. The molecular formula is C18H17F6N3O4. The zero-order chi connectivity index (χ0) is 23.4. The minimum Gasteiger partial charge on any atom is -0.462 e. The second kappa shape index (κ2) is 9.37. The van der Waals surface area contributed by atoms with Crippen LogP contribution in [0.25, 0.3) is 5.69 Å². The van der Waals surface area contributed by atoms with Crippen molar-refractivity contribution in [3.05, 3.63) is 41.7 Å². The number of hydrogen-bond acceptors (Lipinski definition) is 5. The third kappa shape index (κ3) is 6.44. The van der Waals surface area contributed by atoms with Crippen molar-refractivity contribution in [1.82, 2.24) is 9.78 Å². The molecule has 2 rings (SSSR count). The fourth-order valence-electron chi connectivity index (χ4n) is 2.40. The van der Waals surface area contributed by atoms with Gasteiger partial charge in [-0.15, -0.1) is 0 Å². The maximum Gasteiger partial charge on any atom is 0.434 e. The summed E-state index contributed by atoms with van der Waals surface area (Å²) in [6.07, 6.45) is -10.2. The first-order valence-corrected chi connectivity index (χ1v) is 8.75. The lowest BCUT2D eigenvalue weighted by Crippen LogP contribution is -2.31. The lowest BCUT2D eigenvalue weighted by molar-refractivity contribution is -0.184. The van der Waals surface area contributed by atoms with Gasteiger partial charge < -0.3 is 14.8 Å². The van der Waals surface area contributed by atoms with Crippen molar-refractivity contribution in [3.8, 4) is 5.69 Å². The van der Waals surface area contributed by atoms with Gasteiger partial charge in [0.25, 0.3) is 5.91 Å². The van der Waals surface area contributed by atoms with E-state index in [0.717, 1.165) is 13.1 Å². The monoisotopic (exact) mass is 453 g/mol. The smallest absolute Gasteiger partial charge is 0.434 e. The molecule has 1 aromatic carbocycles. The van der Waals surface area contributed by atoms with Gasteiger partial charge in [0, 0.05) is 5.69 Å².